The molecular formula is C10H17N3OS. The van der Waals surface area contributed by atoms with Crippen LogP contribution in [0.1, 0.15) is 19.0 Å². The first-order valence-corrected chi connectivity index (χ1v) is 6.25. The first-order chi connectivity index (χ1) is 7.36. The Kier molecular flexibility index (Phi) is 6.11. The maximum atomic E-state index is 8.61. The van der Waals surface area contributed by atoms with Gasteiger partial charge in [0, 0.05) is 18.9 Å². The molecule has 5 heteroatoms. The van der Waals surface area contributed by atoms with E-state index < -0.39 is 0 Å². The number of nitrogens with one attached hydrogen (secondary N) is 1. The monoisotopic (exact) mass is 227 g/mol. The zero-order chi connectivity index (χ0) is 10.9. The van der Waals surface area contributed by atoms with Gasteiger partial charge in [0.1, 0.15) is 5.82 Å². The fourth-order valence-electron chi connectivity index (χ4n) is 1.05. The third-order valence-electron chi connectivity index (χ3n) is 1.76. The van der Waals surface area contributed by atoms with E-state index >= 15 is 0 Å². The van der Waals surface area contributed by atoms with Gasteiger partial charge in [-0.15, -0.1) is 0 Å². The molecule has 0 radical (unpaired) electrons. The van der Waals surface area contributed by atoms with Crippen molar-refractivity contribution in [3.05, 3.63) is 18.1 Å². The van der Waals surface area contributed by atoms with Crippen LogP contribution in [0.3, 0.4) is 0 Å². The summed E-state index contributed by atoms with van der Waals surface area (Å²) in [7, 11) is 0. The predicted octanol–water partition coefficient (Wildman–Crippen LogP) is 1.52. The van der Waals surface area contributed by atoms with Gasteiger partial charge in [-0.3, -0.25) is 4.98 Å². The van der Waals surface area contributed by atoms with Crippen molar-refractivity contribution in [2.24, 2.45) is 0 Å². The highest BCUT2D eigenvalue weighted by Crippen LogP contribution is 2.11. The SMILES string of the molecule is CCNc1cnc(CSCCCO)cn1. The molecule has 0 fully saturated rings. The van der Waals surface area contributed by atoms with Crippen molar-refractivity contribution < 1.29 is 5.11 Å². The maximum Gasteiger partial charge on any atom is 0.144 e. The number of aliphatic hydroxyl groups excluding tert-OH is 1. The largest absolute Gasteiger partial charge is 0.396 e. The average Bonchev–Trinajstić information content (AvgIpc) is 2.27. The van der Waals surface area contributed by atoms with Gasteiger partial charge in [-0.2, -0.15) is 11.8 Å². The number of aromatic nitrogens is 2. The summed E-state index contributed by atoms with van der Waals surface area (Å²) in [5.74, 6) is 2.65. The first-order valence-electron chi connectivity index (χ1n) is 5.10. The van der Waals surface area contributed by atoms with Crippen molar-refractivity contribution in [2.75, 3.05) is 24.2 Å². The van der Waals surface area contributed by atoms with Crippen molar-refractivity contribution >= 4 is 17.6 Å². The Hall–Kier alpha value is -0.810. The van der Waals surface area contributed by atoms with Crippen LogP contribution in [0.25, 0.3) is 0 Å². The van der Waals surface area contributed by atoms with E-state index in [1.54, 1.807) is 24.2 Å². The van der Waals surface area contributed by atoms with E-state index in [-0.39, 0.29) is 6.61 Å². The molecule has 0 aromatic carbocycles. The number of hydrogen-bond donors (Lipinski definition) is 2. The average molecular weight is 227 g/mol. The highest BCUT2D eigenvalue weighted by atomic mass is 32.2. The van der Waals surface area contributed by atoms with E-state index in [0.29, 0.717) is 0 Å². The summed E-state index contributed by atoms with van der Waals surface area (Å²) in [6.07, 6.45) is 4.39. The van der Waals surface area contributed by atoms with Crippen LogP contribution in [0, 0.1) is 0 Å². The summed E-state index contributed by atoms with van der Waals surface area (Å²) in [6.45, 7) is 3.15. The Morgan fingerprint density at radius 3 is 2.87 bits per heavy atom. The molecule has 0 spiro atoms. The van der Waals surface area contributed by atoms with Crippen LogP contribution in [-0.2, 0) is 5.75 Å². The maximum absolute atomic E-state index is 8.61. The molecule has 1 aromatic heterocycles. The number of hydrogen-bond acceptors (Lipinski definition) is 5. The Bertz CT molecular complexity index is 266. The molecule has 1 rings (SSSR count). The fourth-order valence-corrected chi connectivity index (χ4v) is 1.88. The molecule has 15 heavy (non-hydrogen) atoms. The Morgan fingerprint density at radius 1 is 1.40 bits per heavy atom. The van der Waals surface area contributed by atoms with Gasteiger partial charge >= 0.3 is 0 Å². The van der Waals surface area contributed by atoms with Crippen molar-refractivity contribution in [1.82, 2.24) is 9.97 Å². The number of aliphatic hydroxyl groups is 1. The van der Waals surface area contributed by atoms with Crippen molar-refractivity contribution in [3.63, 3.8) is 0 Å². The molecule has 4 nitrogen and oxygen atoms in total. The van der Waals surface area contributed by atoms with Gasteiger partial charge in [0.15, 0.2) is 0 Å². The molecule has 0 unspecified atom stereocenters. The second-order valence-corrected chi connectivity index (χ2v) is 4.16. The molecule has 0 amide bonds. The van der Waals surface area contributed by atoms with E-state index in [1.807, 2.05) is 6.92 Å². The van der Waals surface area contributed by atoms with Gasteiger partial charge in [0.2, 0.25) is 0 Å². The summed E-state index contributed by atoms with van der Waals surface area (Å²) in [4.78, 5) is 8.52. The van der Waals surface area contributed by atoms with E-state index in [0.717, 1.165) is 36.0 Å². The minimum Gasteiger partial charge on any atom is -0.396 e. The summed E-state index contributed by atoms with van der Waals surface area (Å²) in [5.41, 5.74) is 0.986. The topological polar surface area (TPSA) is 58.0 Å². The smallest absolute Gasteiger partial charge is 0.144 e. The lowest BCUT2D eigenvalue weighted by molar-refractivity contribution is 0.296. The molecule has 0 bridgehead atoms. The zero-order valence-corrected chi connectivity index (χ0v) is 9.76. The van der Waals surface area contributed by atoms with E-state index in [2.05, 4.69) is 15.3 Å². The van der Waals surface area contributed by atoms with Crippen LogP contribution in [0.5, 0.6) is 0 Å². The van der Waals surface area contributed by atoms with Crippen LogP contribution < -0.4 is 5.32 Å². The van der Waals surface area contributed by atoms with Gasteiger partial charge in [0.25, 0.3) is 0 Å². The summed E-state index contributed by atoms with van der Waals surface area (Å²) in [5, 5.41) is 11.7. The molecule has 0 atom stereocenters. The number of nitrogens with zero attached hydrogens (tertiary/aromatic N) is 2. The first kappa shape index (κ1) is 12.3. The highest BCUT2D eigenvalue weighted by Gasteiger charge is 1.97. The molecule has 0 aliphatic heterocycles. The Morgan fingerprint density at radius 2 is 2.27 bits per heavy atom. The highest BCUT2D eigenvalue weighted by molar-refractivity contribution is 7.98. The molecule has 0 saturated heterocycles. The molecule has 0 aliphatic rings. The predicted molar refractivity (Wildman–Crippen MR) is 64.1 cm³/mol. The summed E-state index contributed by atoms with van der Waals surface area (Å²) < 4.78 is 0. The molecule has 1 aromatic rings. The van der Waals surface area contributed by atoms with Crippen molar-refractivity contribution in [3.8, 4) is 0 Å². The number of thioether (sulfide) groups is 1. The minimum atomic E-state index is 0.262. The van der Waals surface area contributed by atoms with E-state index in [9.17, 15) is 0 Å². The summed E-state index contributed by atoms with van der Waals surface area (Å²) >= 11 is 1.77. The molecule has 0 saturated carbocycles. The minimum absolute atomic E-state index is 0.262. The lowest BCUT2D eigenvalue weighted by Crippen LogP contribution is -2.00. The normalized spacial score (nSPS) is 10.3. The van der Waals surface area contributed by atoms with Crippen LogP contribution >= 0.6 is 11.8 Å². The van der Waals surface area contributed by atoms with Gasteiger partial charge < -0.3 is 10.4 Å². The fraction of sp³-hybridized carbons (Fsp3) is 0.600. The summed E-state index contributed by atoms with van der Waals surface area (Å²) in [6, 6.07) is 0. The quantitative estimate of drug-likeness (QED) is 0.692. The lowest BCUT2D eigenvalue weighted by atomic mass is 10.5. The second-order valence-electron chi connectivity index (χ2n) is 3.05. The third-order valence-corrected chi connectivity index (χ3v) is 2.84. The van der Waals surface area contributed by atoms with Gasteiger partial charge in [0.05, 0.1) is 18.1 Å². The molecule has 2 N–H and O–H groups in total. The van der Waals surface area contributed by atoms with Crippen LogP contribution in [-0.4, -0.2) is 34.0 Å². The third kappa shape index (κ3) is 4.99. The molecule has 1 heterocycles. The number of anilines is 1. The van der Waals surface area contributed by atoms with Gasteiger partial charge in [-0.1, -0.05) is 0 Å². The van der Waals surface area contributed by atoms with E-state index in [4.69, 9.17) is 5.11 Å². The van der Waals surface area contributed by atoms with Crippen LogP contribution in [0.15, 0.2) is 12.4 Å². The lowest BCUT2D eigenvalue weighted by Gasteiger charge is -2.03. The number of rotatable bonds is 7. The van der Waals surface area contributed by atoms with Gasteiger partial charge in [-0.05, 0) is 19.1 Å². The molecule has 84 valence electrons. The van der Waals surface area contributed by atoms with Crippen LogP contribution in [0.2, 0.25) is 0 Å². The van der Waals surface area contributed by atoms with Crippen molar-refractivity contribution in [2.45, 2.75) is 19.1 Å². The second kappa shape index (κ2) is 7.48. The van der Waals surface area contributed by atoms with Crippen LogP contribution in [0.4, 0.5) is 5.82 Å². The van der Waals surface area contributed by atoms with Gasteiger partial charge in [-0.25, -0.2) is 4.98 Å². The standard InChI is InChI=1S/C10H17N3OS/c1-2-11-10-7-12-9(6-13-10)8-15-5-3-4-14/h6-7,14H,2-5,8H2,1H3,(H,11,13). The Labute approximate surface area is 94.5 Å². The van der Waals surface area contributed by atoms with Crippen molar-refractivity contribution in [1.29, 1.82) is 0 Å². The molecule has 0 aliphatic carbocycles. The van der Waals surface area contributed by atoms with E-state index in [1.165, 1.54) is 0 Å². The zero-order valence-electron chi connectivity index (χ0n) is 8.94. The molecular weight excluding hydrogens is 210 g/mol. The Balaban J connectivity index is 2.29.